The second-order valence-electron chi connectivity index (χ2n) is 5.34. The summed E-state index contributed by atoms with van der Waals surface area (Å²) in [4.78, 5) is 4.65. The van der Waals surface area contributed by atoms with E-state index in [0.29, 0.717) is 11.3 Å². The van der Waals surface area contributed by atoms with Gasteiger partial charge in [0.15, 0.2) is 5.96 Å². The Labute approximate surface area is 134 Å². The predicted octanol–water partition coefficient (Wildman–Crippen LogP) is 1.32. The second-order valence-corrected chi connectivity index (χ2v) is 5.34. The minimum absolute atomic E-state index is 0.263. The highest BCUT2D eigenvalue weighted by molar-refractivity contribution is 5.82. The number of hydrogen-bond donors (Lipinski definition) is 3. The summed E-state index contributed by atoms with van der Waals surface area (Å²) >= 11 is 0. The van der Waals surface area contributed by atoms with Gasteiger partial charge >= 0.3 is 0 Å². The highest BCUT2D eigenvalue weighted by atomic mass is 19.1. The van der Waals surface area contributed by atoms with Crippen LogP contribution in [0.25, 0.3) is 12.8 Å². The van der Waals surface area contributed by atoms with Crippen LogP contribution >= 0.6 is 0 Å². The number of halogens is 1. The van der Waals surface area contributed by atoms with Crippen LogP contribution in [0.1, 0.15) is 32.3 Å². The lowest BCUT2D eigenvalue weighted by atomic mass is 9.85. The number of rotatable bonds is 5. The van der Waals surface area contributed by atoms with Gasteiger partial charge in [0, 0.05) is 11.4 Å². The third-order valence-electron chi connectivity index (χ3n) is 4.01. The van der Waals surface area contributed by atoms with Crippen molar-refractivity contribution in [2.75, 3.05) is 0 Å². The van der Waals surface area contributed by atoms with Gasteiger partial charge in [0.25, 0.3) is 0 Å². The van der Waals surface area contributed by atoms with Gasteiger partial charge in [-0.2, -0.15) is 5.10 Å². The van der Waals surface area contributed by atoms with Crippen molar-refractivity contribution in [3.63, 3.8) is 0 Å². The highest BCUT2D eigenvalue weighted by Crippen LogP contribution is 2.33. The summed E-state index contributed by atoms with van der Waals surface area (Å²) < 4.78 is 13.2. The lowest BCUT2D eigenvalue weighted by Gasteiger charge is -2.28. The van der Waals surface area contributed by atoms with Crippen molar-refractivity contribution in [2.45, 2.75) is 32.2 Å². The number of aliphatic imine (C=N–C) groups is 1. The minimum atomic E-state index is -0.484. The van der Waals surface area contributed by atoms with E-state index in [9.17, 15) is 4.39 Å². The van der Waals surface area contributed by atoms with E-state index in [4.69, 9.17) is 5.73 Å². The molecule has 4 N–H and O–H groups in total. The van der Waals surface area contributed by atoms with E-state index in [1.54, 1.807) is 24.5 Å². The quantitative estimate of drug-likeness (QED) is 0.575. The van der Waals surface area contributed by atoms with Gasteiger partial charge in [-0.3, -0.25) is 5.10 Å². The van der Waals surface area contributed by atoms with Crippen LogP contribution in [0.5, 0.6) is 0 Å². The maximum absolute atomic E-state index is 13.2. The summed E-state index contributed by atoms with van der Waals surface area (Å²) in [7, 11) is 0. The van der Waals surface area contributed by atoms with Gasteiger partial charge in [0.2, 0.25) is 0 Å². The number of nitrogens with two attached hydrogens (primary N) is 1. The smallest absolute Gasteiger partial charge is 0.193 e. The molecule has 5 nitrogen and oxygen atoms in total. The molecule has 2 rings (SSSR count). The summed E-state index contributed by atoms with van der Waals surface area (Å²) in [5.41, 5.74) is 6.48. The molecular formula is C17H22FN5. The minimum Gasteiger partial charge on any atom is -0.370 e. The van der Waals surface area contributed by atoms with Crippen LogP contribution in [-0.2, 0) is 5.54 Å². The predicted molar refractivity (Wildman–Crippen MR) is 91.2 cm³/mol. The molecule has 1 aromatic heterocycles. The molecule has 0 unspecified atom stereocenters. The van der Waals surface area contributed by atoms with E-state index < -0.39 is 5.54 Å². The van der Waals surface area contributed by atoms with E-state index >= 15 is 0 Å². The molecule has 1 aromatic carbocycles. The van der Waals surface area contributed by atoms with Crippen molar-refractivity contribution in [1.82, 2.24) is 15.5 Å². The average Bonchev–Trinajstić information content (AvgIpc) is 2.97. The number of nitrogens with one attached hydrogen (secondary N) is 2. The number of benzene rings is 1. The molecule has 0 saturated carbocycles. The second kappa shape index (κ2) is 7.09. The molecule has 0 saturated heterocycles. The Balaban J connectivity index is 2.32. The van der Waals surface area contributed by atoms with Gasteiger partial charge in [-0.25, -0.2) is 9.38 Å². The van der Waals surface area contributed by atoms with Crippen LogP contribution in [-0.4, -0.2) is 16.2 Å². The first-order chi connectivity index (χ1) is 11.0. The molecular weight excluding hydrogens is 293 g/mol. The summed E-state index contributed by atoms with van der Waals surface area (Å²) in [6.07, 6.45) is 4.86. The Kier molecular flexibility index (Phi) is 5.16. The fourth-order valence-electron chi connectivity index (χ4n) is 2.50. The SMILES string of the molecule is C=c1[nH]nc/c1=C/NC(N)=NC(CC)(CC)c1ccc(F)cc1. The van der Waals surface area contributed by atoms with E-state index in [0.717, 1.165) is 23.6 Å². The van der Waals surface area contributed by atoms with Crippen LogP contribution in [0.3, 0.4) is 0 Å². The van der Waals surface area contributed by atoms with Gasteiger partial charge in [-0.1, -0.05) is 32.6 Å². The van der Waals surface area contributed by atoms with Gasteiger partial charge in [-0.05, 0) is 30.5 Å². The number of H-pyrrole nitrogens is 1. The number of hydrogen-bond acceptors (Lipinski definition) is 2. The zero-order valence-electron chi connectivity index (χ0n) is 13.4. The molecule has 0 fully saturated rings. The van der Waals surface area contributed by atoms with Gasteiger partial charge in [-0.15, -0.1) is 0 Å². The topological polar surface area (TPSA) is 79.1 Å². The molecule has 6 heteroatoms. The van der Waals surface area contributed by atoms with E-state index in [1.165, 1.54) is 12.1 Å². The van der Waals surface area contributed by atoms with Crippen molar-refractivity contribution in [2.24, 2.45) is 10.7 Å². The molecule has 122 valence electrons. The Morgan fingerprint density at radius 1 is 1.39 bits per heavy atom. The molecule has 23 heavy (non-hydrogen) atoms. The molecule has 2 aromatic rings. The van der Waals surface area contributed by atoms with Crippen molar-refractivity contribution < 1.29 is 4.39 Å². The first-order valence-corrected chi connectivity index (χ1v) is 7.57. The maximum atomic E-state index is 13.2. The van der Waals surface area contributed by atoms with Gasteiger partial charge < -0.3 is 11.1 Å². The largest absolute Gasteiger partial charge is 0.370 e. The van der Waals surface area contributed by atoms with Crippen molar-refractivity contribution in [3.05, 3.63) is 52.4 Å². The standard InChI is InChI=1S/C17H22FN5/c1-4-17(5-2,14-6-8-15(18)9-7-14)22-16(19)20-10-13-11-21-23-12(13)3/h6-11,23H,3-5H2,1-2H3,(H3,19,20,22)/b13-10-. The van der Waals surface area contributed by atoms with Gasteiger partial charge in [0.05, 0.1) is 17.1 Å². The molecule has 0 atom stereocenters. The van der Waals surface area contributed by atoms with Gasteiger partial charge in [0.1, 0.15) is 5.82 Å². The van der Waals surface area contributed by atoms with Crippen LogP contribution in [0.2, 0.25) is 0 Å². The first-order valence-electron chi connectivity index (χ1n) is 7.57. The highest BCUT2D eigenvalue weighted by Gasteiger charge is 2.28. The third-order valence-corrected chi connectivity index (χ3v) is 4.01. The first kappa shape index (κ1) is 16.7. The Hall–Kier alpha value is -2.63. The summed E-state index contributed by atoms with van der Waals surface area (Å²) in [5.74, 6) is 0.0276. The molecule has 0 bridgehead atoms. The van der Waals surface area contributed by atoms with Crippen LogP contribution < -0.4 is 21.6 Å². The van der Waals surface area contributed by atoms with Crippen LogP contribution in [0, 0.1) is 5.82 Å². The average molecular weight is 315 g/mol. The molecule has 0 spiro atoms. The Morgan fingerprint density at radius 2 is 2.04 bits per heavy atom. The van der Waals surface area contributed by atoms with Crippen molar-refractivity contribution in [1.29, 1.82) is 0 Å². The van der Waals surface area contributed by atoms with Crippen molar-refractivity contribution in [3.8, 4) is 0 Å². The fraction of sp³-hybridized carbons (Fsp3) is 0.294. The summed E-state index contributed by atoms with van der Waals surface area (Å²) in [6, 6.07) is 6.41. The lowest BCUT2D eigenvalue weighted by molar-refractivity contribution is 0.414. The summed E-state index contributed by atoms with van der Waals surface area (Å²) in [6.45, 7) is 7.89. The molecule has 0 aliphatic carbocycles. The monoisotopic (exact) mass is 315 g/mol. The van der Waals surface area contributed by atoms with Crippen LogP contribution in [0.15, 0.2) is 35.5 Å². The summed E-state index contributed by atoms with van der Waals surface area (Å²) in [5, 5.41) is 11.1. The molecule has 0 radical (unpaired) electrons. The number of aromatic nitrogens is 2. The molecule has 0 aliphatic rings. The fourth-order valence-corrected chi connectivity index (χ4v) is 2.50. The third kappa shape index (κ3) is 3.77. The molecule has 0 aliphatic heterocycles. The van der Waals surface area contributed by atoms with E-state index in [1.807, 2.05) is 13.8 Å². The lowest BCUT2D eigenvalue weighted by Crippen LogP contribution is -2.35. The van der Waals surface area contributed by atoms with E-state index in [-0.39, 0.29) is 5.82 Å². The number of guanidine groups is 1. The van der Waals surface area contributed by atoms with E-state index in [2.05, 4.69) is 27.1 Å². The number of nitrogens with zero attached hydrogens (tertiary/aromatic N) is 2. The normalized spacial score (nSPS) is 13.3. The maximum Gasteiger partial charge on any atom is 0.193 e. The Morgan fingerprint density at radius 3 is 2.57 bits per heavy atom. The Bertz CT molecular complexity index is 772. The molecule has 0 amide bonds. The molecule has 1 heterocycles. The number of aromatic amines is 1. The van der Waals surface area contributed by atoms with Crippen LogP contribution in [0.4, 0.5) is 4.39 Å². The zero-order valence-corrected chi connectivity index (χ0v) is 13.4. The van der Waals surface area contributed by atoms with Crippen molar-refractivity contribution >= 4 is 18.7 Å². The zero-order chi connectivity index (χ0) is 16.9.